The first-order valence-corrected chi connectivity index (χ1v) is 14.8. The van der Waals surface area contributed by atoms with Crippen molar-refractivity contribution in [1.82, 2.24) is 29.7 Å². The van der Waals surface area contributed by atoms with Gasteiger partial charge in [0, 0.05) is 49.8 Å². The van der Waals surface area contributed by atoms with Gasteiger partial charge in [0.2, 0.25) is 0 Å². The second kappa shape index (κ2) is 11.1. The molecular weight excluding hydrogens is 540 g/mol. The van der Waals surface area contributed by atoms with Crippen LogP contribution in [0.4, 0.5) is 0 Å². The first-order valence-electron chi connectivity index (χ1n) is 14.8. The summed E-state index contributed by atoms with van der Waals surface area (Å²) in [7, 11) is 1.84. The van der Waals surface area contributed by atoms with Gasteiger partial charge in [0.05, 0.1) is 23.3 Å². The molecule has 0 radical (unpaired) electrons. The highest BCUT2D eigenvalue weighted by atomic mass is 16.5. The van der Waals surface area contributed by atoms with Crippen LogP contribution in [0.5, 0.6) is 5.75 Å². The molecule has 2 aliphatic rings. The molecule has 1 N–H and O–H groups in total. The molecule has 1 saturated carbocycles. The van der Waals surface area contributed by atoms with Crippen LogP contribution < -0.4 is 4.74 Å². The third kappa shape index (κ3) is 5.21. The Hall–Kier alpha value is -4.76. The van der Waals surface area contributed by atoms with E-state index in [1.165, 1.54) is 17.3 Å². The lowest BCUT2D eigenvalue weighted by atomic mass is 9.99. The highest BCUT2D eigenvalue weighted by Crippen LogP contribution is 2.55. The number of carbonyl (C=O) groups is 1. The maximum Gasteiger partial charge on any atom is 0.339 e. The van der Waals surface area contributed by atoms with Crippen molar-refractivity contribution >= 4 is 5.97 Å². The summed E-state index contributed by atoms with van der Waals surface area (Å²) in [6.45, 7) is 4.58. The average molecular weight is 575 g/mol. The van der Waals surface area contributed by atoms with Gasteiger partial charge in [0.1, 0.15) is 17.9 Å². The Morgan fingerprint density at radius 2 is 1.84 bits per heavy atom. The summed E-state index contributed by atoms with van der Waals surface area (Å²) in [5.74, 6) is 0.166. The van der Waals surface area contributed by atoms with Gasteiger partial charge < -0.3 is 9.84 Å². The van der Waals surface area contributed by atoms with Crippen LogP contribution >= 0.6 is 0 Å². The molecule has 218 valence electrons. The molecule has 5 aromatic rings. The van der Waals surface area contributed by atoms with E-state index in [-0.39, 0.29) is 17.4 Å². The Bertz CT molecular complexity index is 1790. The predicted octanol–water partition coefficient (Wildman–Crippen LogP) is 5.98. The molecule has 9 nitrogen and oxygen atoms in total. The second-order valence-electron chi connectivity index (χ2n) is 11.5. The number of aromatic nitrogens is 5. The van der Waals surface area contributed by atoms with Crippen LogP contribution in [0.3, 0.4) is 0 Å². The molecule has 3 heterocycles. The number of hydrogen-bond acceptors (Lipinski definition) is 6. The molecule has 7 rings (SSSR count). The van der Waals surface area contributed by atoms with Gasteiger partial charge in [0.25, 0.3) is 0 Å². The molecule has 1 aliphatic carbocycles. The van der Waals surface area contributed by atoms with Crippen molar-refractivity contribution < 1.29 is 14.6 Å². The minimum atomic E-state index is -0.971. The minimum absolute atomic E-state index is 0.0199. The van der Waals surface area contributed by atoms with Crippen LogP contribution in [0.1, 0.15) is 70.5 Å². The average Bonchev–Trinajstić information content (AvgIpc) is 3.53. The quantitative estimate of drug-likeness (QED) is 0.243. The number of rotatable bonds is 8. The van der Waals surface area contributed by atoms with Crippen molar-refractivity contribution in [1.29, 1.82) is 0 Å². The molecule has 0 spiro atoms. The third-order valence-corrected chi connectivity index (χ3v) is 8.66. The number of carboxylic acids is 1. The van der Waals surface area contributed by atoms with Crippen molar-refractivity contribution in [3.05, 3.63) is 113 Å². The van der Waals surface area contributed by atoms with Crippen LogP contribution in [0.2, 0.25) is 0 Å². The number of benzene rings is 3. The lowest BCUT2D eigenvalue weighted by Gasteiger charge is -2.29. The monoisotopic (exact) mass is 574 g/mol. The van der Waals surface area contributed by atoms with Crippen molar-refractivity contribution in [3.8, 4) is 22.6 Å². The third-order valence-electron chi connectivity index (χ3n) is 8.66. The van der Waals surface area contributed by atoms with Crippen LogP contribution in [0, 0.1) is 0 Å². The molecule has 0 bridgehead atoms. The summed E-state index contributed by atoms with van der Waals surface area (Å²) in [6, 6.07) is 25.5. The van der Waals surface area contributed by atoms with E-state index >= 15 is 0 Å². The molecule has 2 aromatic heterocycles. The highest BCUT2D eigenvalue weighted by molar-refractivity contribution is 5.89. The van der Waals surface area contributed by atoms with Crippen LogP contribution in [-0.4, -0.2) is 53.9 Å². The van der Waals surface area contributed by atoms with Crippen molar-refractivity contribution in [2.24, 2.45) is 7.05 Å². The molecule has 0 saturated heterocycles. The number of nitrogens with zero attached hydrogens (tertiary/aromatic N) is 6. The fourth-order valence-corrected chi connectivity index (χ4v) is 6.53. The number of aryl methyl sites for hydroxylation is 1. The van der Waals surface area contributed by atoms with E-state index in [0.717, 1.165) is 54.2 Å². The van der Waals surface area contributed by atoms with Crippen LogP contribution in [-0.2, 0) is 13.6 Å². The summed E-state index contributed by atoms with van der Waals surface area (Å²) < 4.78 is 9.55. The summed E-state index contributed by atoms with van der Waals surface area (Å²) in [4.78, 5) is 14.7. The minimum Gasteiger partial charge on any atom is -0.492 e. The largest absolute Gasteiger partial charge is 0.492 e. The Labute approximate surface area is 250 Å². The Balaban J connectivity index is 1.17. The molecule has 9 heteroatoms. The maximum absolute atomic E-state index is 12.2. The van der Waals surface area contributed by atoms with Crippen molar-refractivity contribution in [2.75, 3.05) is 13.2 Å². The first-order chi connectivity index (χ1) is 21.0. The van der Waals surface area contributed by atoms with Crippen molar-refractivity contribution in [2.45, 2.75) is 44.2 Å². The van der Waals surface area contributed by atoms with Gasteiger partial charge in [-0.3, -0.25) is 9.58 Å². The number of ether oxygens (including phenoxy) is 1. The van der Waals surface area contributed by atoms with Gasteiger partial charge in [-0.05, 0) is 53.8 Å². The lowest BCUT2D eigenvalue weighted by Crippen LogP contribution is -2.29. The van der Waals surface area contributed by atoms with E-state index in [1.807, 2.05) is 31.4 Å². The first kappa shape index (κ1) is 27.1. The molecule has 1 unspecified atom stereocenters. The van der Waals surface area contributed by atoms with Gasteiger partial charge >= 0.3 is 5.97 Å². The molecule has 43 heavy (non-hydrogen) atoms. The normalized spacial score (nSPS) is 19.8. The summed E-state index contributed by atoms with van der Waals surface area (Å²) in [5.41, 5.74) is 7.30. The fraction of sp³-hybridized carbons (Fsp3) is 0.294. The standard InChI is InChI=1S/C34H34N6O3/c1-3-31-26-12-4-5-13-32(26)43-15-14-39(31)20-22-8-6-9-23(16-22)24-10-7-11-25(17-24)40-33(29(19-35-40)34(41)42)28-18-27(28)30-21-38(2)37-36-30/h4-13,16-17,19,21,27-28,31H,3,14-15,18,20H2,1-2H3,(H,41,42)/t27?,28-,31+/m1/s1. The van der Waals surface area contributed by atoms with E-state index < -0.39 is 5.97 Å². The molecule has 0 amide bonds. The molecule has 1 fully saturated rings. The summed E-state index contributed by atoms with van der Waals surface area (Å²) >= 11 is 0. The zero-order valence-corrected chi connectivity index (χ0v) is 24.3. The van der Waals surface area contributed by atoms with Crippen molar-refractivity contribution in [3.63, 3.8) is 0 Å². The van der Waals surface area contributed by atoms with Gasteiger partial charge in [-0.1, -0.05) is 60.7 Å². The number of fused-ring (bicyclic) bond motifs is 1. The van der Waals surface area contributed by atoms with E-state index in [1.54, 1.807) is 9.36 Å². The Kier molecular flexibility index (Phi) is 7.02. The van der Waals surface area contributed by atoms with E-state index in [0.29, 0.717) is 18.3 Å². The SMILES string of the molecule is CC[C@H]1c2ccccc2OCCN1Cc1cccc(-c2cccc(-n3ncc(C(=O)O)c3[C@@H]3CC3c3cn(C)nn3)c2)c1. The zero-order valence-electron chi connectivity index (χ0n) is 24.3. The number of para-hydroxylation sites is 1. The predicted molar refractivity (Wildman–Crippen MR) is 162 cm³/mol. The van der Waals surface area contributed by atoms with Gasteiger partial charge in [-0.15, -0.1) is 5.10 Å². The van der Waals surface area contributed by atoms with Crippen LogP contribution in [0.25, 0.3) is 16.8 Å². The molecule has 3 atom stereocenters. The molecule has 1 aliphatic heterocycles. The zero-order chi connectivity index (χ0) is 29.5. The van der Waals surface area contributed by atoms with Gasteiger partial charge in [-0.25, -0.2) is 9.48 Å². The number of carboxylic acid groups (broad SMARTS) is 1. The van der Waals surface area contributed by atoms with E-state index in [4.69, 9.17) is 4.74 Å². The highest BCUT2D eigenvalue weighted by Gasteiger charge is 2.46. The summed E-state index contributed by atoms with van der Waals surface area (Å²) in [5, 5.41) is 22.9. The smallest absolute Gasteiger partial charge is 0.339 e. The Morgan fingerprint density at radius 1 is 1.02 bits per heavy atom. The fourth-order valence-electron chi connectivity index (χ4n) is 6.53. The van der Waals surface area contributed by atoms with E-state index in [9.17, 15) is 9.90 Å². The van der Waals surface area contributed by atoms with Gasteiger partial charge in [-0.2, -0.15) is 5.10 Å². The summed E-state index contributed by atoms with van der Waals surface area (Å²) in [6.07, 6.45) is 5.19. The lowest BCUT2D eigenvalue weighted by molar-refractivity contribution is 0.0695. The number of hydrogen-bond donors (Lipinski definition) is 1. The van der Waals surface area contributed by atoms with E-state index in [2.05, 4.69) is 81.8 Å². The second-order valence-corrected chi connectivity index (χ2v) is 11.5. The maximum atomic E-state index is 12.2. The Morgan fingerprint density at radius 3 is 2.63 bits per heavy atom. The van der Waals surface area contributed by atoms with Crippen LogP contribution in [0.15, 0.2) is 85.2 Å². The van der Waals surface area contributed by atoms with Gasteiger partial charge in [0.15, 0.2) is 0 Å². The number of aromatic carboxylic acids is 1. The molecular formula is C34H34N6O3. The topological polar surface area (TPSA) is 98.3 Å². The molecule has 3 aromatic carbocycles.